The minimum atomic E-state index is -0.659. The third kappa shape index (κ3) is 5.82. The van der Waals surface area contributed by atoms with Gasteiger partial charge in [0.15, 0.2) is 12.4 Å². The third-order valence-electron chi connectivity index (χ3n) is 3.38. The first kappa shape index (κ1) is 18.8. The van der Waals surface area contributed by atoms with Gasteiger partial charge in [0.1, 0.15) is 0 Å². The average molecular weight is 356 g/mol. The molecule has 0 bridgehead atoms. The number of benzene rings is 2. The maximum absolute atomic E-state index is 11.8. The summed E-state index contributed by atoms with van der Waals surface area (Å²) in [6, 6.07) is 13.7. The van der Waals surface area contributed by atoms with E-state index in [-0.39, 0.29) is 30.9 Å². The smallest absolute Gasteiger partial charge is 0.306 e. The van der Waals surface area contributed by atoms with Crippen LogP contribution in [-0.2, 0) is 14.3 Å². The van der Waals surface area contributed by atoms with Crippen molar-refractivity contribution in [2.75, 3.05) is 11.9 Å². The molecule has 8 heteroatoms. The van der Waals surface area contributed by atoms with Gasteiger partial charge in [0, 0.05) is 29.8 Å². The van der Waals surface area contributed by atoms with Crippen molar-refractivity contribution in [3.05, 3.63) is 70.3 Å². The number of hydrogen-bond acceptors (Lipinski definition) is 6. The van der Waals surface area contributed by atoms with Crippen molar-refractivity contribution in [1.29, 1.82) is 0 Å². The number of rotatable bonds is 8. The van der Waals surface area contributed by atoms with Crippen molar-refractivity contribution in [3.63, 3.8) is 0 Å². The number of nitrogens with one attached hydrogen (secondary N) is 1. The molecule has 0 fully saturated rings. The van der Waals surface area contributed by atoms with E-state index in [9.17, 15) is 24.5 Å². The Hall–Kier alpha value is -3.55. The highest BCUT2D eigenvalue weighted by Crippen LogP contribution is 2.15. The van der Waals surface area contributed by atoms with Crippen molar-refractivity contribution in [2.45, 2.75) is 12.8 Å². The molecule has 0 heterocycles. The van der Waals surface area contributed by atoms with Gasteiger partial charge in [-0.25, -0.2) is 0 Å². The van der Waals surface area contributed by atoms with Crippen LogP contribution in [0.4, 0.5) is 11.4 Å². The van der Waals surface area contributed by atoms with Crippen LogP contribution < -0.4 is 5.32 Å². The van der Waals surface area contributed by atoms with Crippen LogP contribution in [0.5, 0.6) is 0 Å². The van der Waals surface area contributed by atoms with Crippen molar-refractivity contribution in [3.8, 4) is 0 Å². The molecular weight excluding hydrogens is 340 g/mol. The largest absolute Gasteiger partial charge is 0.457 e. The van der Waals surface area contributed by atoms with Crippen LogP contribution in [0.1, 0.15) is 23.2 Å². The Morgan fingerprint density at radius 3 is 2.23 bits per heavy atom. The molecule has 26 heavy (non-hydrogen) atoms. The first-order valence-corrected chi connectivity index (χ1v) is 7.74. The van der Waals surface area contributed by atoms with Crippen molar-refractivity contribution in [1.82, 2.24) is 0 Å². The van der Waals surface area contributed by atoms with Crippen molar-refractivity contribution in [2.24, 2.45) is 0 Å². The fourth-order valence-electron chi connectivity index (χ4n) is 2.03. The van der Waals surface area contributed by atoms with Gasteiger partial charge in [0.05, 0.1) is 11.3 Å². The van der Waals surface area contributed by atoms with E-state index in [1.165, 1.54) is 24.3 Å². The molecule has 0 saturated heterocycles. The van der Waals surface area contributed by atoms with E-state index in [1.807, 2.05) is 0 Å². The third-order valence-corrected chi connectivity index (χ3v) is 3.38. The predicted octanol–water partition coefficient (Wildman–Crippen LogP) is 2.74. The zero-order valence-corrected chi connectivity index (χ0v) is 13.7. The maximum Gasteiger partial charge on any atom is 0.306 e. The zero-order chi connectivity index (χ0) is 18.9. The van der Waals surface area contributed by atoms with E-state index in [2.05, 4.69) is 5.32 Å². The topological polar surface area (TPSA) is 116 Å². The first-order valence-electron chi connectivity index (χ1n) is 7.74. The minimum absolute atomic E-state index is 0.0883. The second-order valence-corrected chi connectivity index (χ2v) is 5.30. The van der Waals surface area contributed by atoms with Crippen molar-refractivity contribution >= 4 is 29.0 Å². The number of ketones is 1. The molecule has 0 aliphatic carbocycles. The van der Waals surface area contributed by atoms with E-state index in [4.69, 9.17) is 4.74 Å². The second-order valence-electron chi connectivity index (χ2n) is 5.30. The molecule has 0 radical (unpaired) electrons. The van der Waals surface area contributed by atoms with Crippen molar-refractivity contribution < 1.29 is 24.0 Å². The lowest BCUT2D eigenvalue weighted by Gasteiger charge is -2.06. The van der Waals surface area contributed by atoms with Gasteiger partial charge in [-0.3, -0.25) is 24.5 Å². The molecular formula is C18H16N2O6. The van der Waals surface area contributed by atoms with Crippen LogP contribution in [0.25, 0.3) is 0 Å². The molecule has 0 aromatic heterocycles. The number of nitrogens with zero attached hydrogens (tertiary/aromatic N) is 1. The molecule has 1 N–H and O–H groups in total. The Bertz CT molecular complexity index is 802. The van der Waals surface area contributed by atoms with E-state index < -0.39 is 16.8 Å². The van der Waals surface area contributed by atoms with Gasteiger partial charge in [0.2, 0.25) is 5.91 Å². The van der Waals surface area contributed by atoms with Crippen LogP contribution >= 0.6 is 0 Å². The second kappa shape index (κ2) is 9.07. The summed E-state index contributed by atoms with van der Waals surface area (Å²) in [5, 5.41) is 13.1. The van der Waals surface area contributed by atoms with Crippen LogP contribution in [0.3, 0.4) is 0 Å². The Kier molecular flexibility index (Phi) is 6.55. The van der Waals surface area contributed by atoms with Crippen LogP contribution in [-0.4, -0.2) is 29.2 Å². The molecule has 0 unspecified atom stereocenters. The number of anilines is 1. The van der Waals surface area contributed by atoms with Gasteiger partial charge in [-0.1, -0.05) is 30.3 Å². The Labute approximate surface area is 148 Å². The van der Waals surface area contributed by atoms with Gasteiger partial charge in [-0.2, -0.15) is 0 Å². The molecule has 0 aliphatic rings. The molecule has 0 aliphatic heterocycles. The highest BCUT2D eigenvalue weighted by molar-refractivity contribution is 5.98. The number of ether oxygens (including phenoxy) is 1. The van der Waals surface area contributed by atoms with E-state index >= 15 is 0 Å². The molecule has 2 aromatic carbocycles. The monoisotopic (exact) mass is 356 g/mol. The summed E-state index contributed by atoms with van der Waals surface area (Å²) >= 11 is 0. The van der Waals surface area contributed by atoms with Gasteiger partial charge >= 0.3 is 5.97 Å². The number of amides is 1. The summed E-state index contributed by atoms with van der Waals surface area (Å²) in [5.74, 6) is -1.42. The Morgan fingerprint density at radius 2 is 1.62 bits per heavy atom. The zero-order valence-electron chi connectivity index (χ0n) is 13.7. The molecule has 1 amide bonds. The number of hydrogen-bond donors (Lipinski definition) is 1. The van der Waals surface area contributed by atoms with Crippen LogP contribution in [0, 0.1) is 10.1 Å². The maximum atomic E-state index is 11.8. The highest BCUT2D eigenvalue weighted by Gasteiger charge is 2.12. The normalized spacial score (nSPS) is 10.0. The summed E-state index contributed by atoms with van der Waals surface area (Å²) in [6.07, 6.45) is -0.309. The standard InChI is InChI=1S/C18H16N2O6/c21-16(13-4-2-1-3-5-13)12-26-18(23)11-10-17(22)19-14-6-8-15(9-7-14)20(24)25/h1-9H,10-12H2,(H,19,22). The average Bonchev–Trinajstić information content (AvgIpc) is 2.65. The molecule has 8 nitrogen and oxygen atoms in total. The lowest BCUT2D eigenvalue weighted by molar-refractivity contribution is -0.384. The SMILES string of the molecule is O=C(CCC(=O)OCC(=O)c1ccccc1)Nc1ccc([N+](=O)[O-])cc1. The van der Waals surface area contributed by atoms with Gasteiger partial charge in [-0.15, -0.1) is 0 Å². The van der Waals surface area contributed by atoms with E-state index in [0.717, 1.165) is 0 Å². The predicted molar refractivity (Wildman–Crippen MR) is 92.7 cm³/mol. The lowest BCUT2D eigenvalue weighted by Crippen LogP contribution is -2.17. The number of carbonyl (C=O) groups excluding carboxylic acids is 3. The summed E-state index contributed by atoms with van der Waals surface area (Å²) in [4.78, 5) is 45.2. The van der Waals surface area contributed by atoms with Gasteiger partial charge in [0.25, 0.3) is 5.69 Å². The Morgan fingerprint density at radius 1 is 0.962 bits per heavy atom. The van der Waals surface area contributed by atoms with Gasteiger partial charge in [-0.05, 0) is 12.1 Å². The van der Waals surface area contributed by atoms with Crippen LogP contribution in [0.2, 0.25) is 0 Å². The van der Waals surface area contributed by atoms with E-state index in [1.54, 1.807) is 30.3 Å². The first-order chi connectivity index (χ1) is 12.5. The molecule has 0 saturated carbocycles. The molecule has 2 rings (SSSR count). The number of nitro benzene ring substituents is 1. The number of Topliss-reactive ketones (excluding diaryl/α,β-unsaturated/α-hetero) is 1. The van der Waals surface area contributed by atoms with Crippen LogP contribution in [0.15, 0.2) is 54.6 Å². The Balaban J connectivity index is 1.72. The summed E-state index contributed by atoms with van der Waals surface area (Å²) in [7, 11) is 0. The summed E-state index contributed by atoms with van der Waals surface area (Å²) in [6.45, 7) is -0.382. The molecule has 134 valence electrons. The highest BCUT2D eigenvalue weighted by atomic mass is 16.6. The fourth-order valence-corrected chi connectivity index (χ4v) is 2.03. The summed E-state index contributed by atoms with van der Waals surface area (Å²) < 4.78 is 4.86. The van der Waals surface area contributed by atoms with E-state index in [0.29, 0.717) is 11.3 Å². The molecule has 2 aromatic rings. The number of nitro groups is 1. The molecule has 0 atom stereocenters. The quantitative estimate of drug-likeness (QED) is 0.336. The number of non-ortho nitro benzene ring substituents is 1. The molecule has 0 spiro atoms. The van der Waals surface area contributed by atoms with Gasteiger partial charge < -0.3 is 10.1 Å². The fraction of sp³-hybridized carbons (Fsp3) is 0.167. The lowest BCUT2D eigenvalue weighted by atomic mass is 10.1. The number of carbonyl (C=O) groups is 3. The minimum Gasteiger partial charge on any atom is -0.457 e. The number of esters is 1. The summed E-state index contributed by atoms with van der Waals surface area (Å²) in [5.41, 5.74) is 0.735.